The maximum absolute atomic E-state index is 12.7. The molecule has 1 aliphatic heterocycles. The van der Waals surface area contributed by atoms with Crippen molar-refractivity contribution in [2.24, 2.45) is 0 Å². The van der Waals surface area contributed by atoms with Gasteiger partial charge in [-0.15, -0.1) is 0 Å². The molecule has 8 heteroatoms. The summed E-state index contributed by atoms with van der Waals surface area (Å²) in [6.45, 7) is 1.44. The number of phenolic OH excluding ortho intramolecular Hbond substituents is 1. The van der Waals surface area contributed by atoms with Crippen molar-refractivity contribution >= 4 is 51.9 Å². The van der Waals surface area contributed by atoms with Crippen molar-refractivity contribution in [3.8, 4) is 11.5 Å². The van der Waals surface area contributed by atoms with E-state index in [9.17, 15) is 14.7 Å². The second kappa shape index (κ2) is 7.81. The number of anilines is 1. The van der Waals surface area contributed by atoms with Crippen molar-refractivity contribution in [2.45, 2.75) is 13.0 Å². The van der Waals surface area contributed by atoms with Gasteiger partial charge >= 0.3 is 5.97 Å². The fourth-order valence-corrected chi connectivity index (χ4v) is 3.70. The first-order chi connectivity index (χ1) is 12.8. The van der Waals surface area contributed by atoms with E-state index in [2.05, 4.69) is 0 Å². The van der Waals surface area contributed by atoms with Gasteiger partial charge in [-0.25, -0.2) is 4.79 Å². The molecule has 1 atom stereocenters. The molecule has 0 aromatic heterocycles. The number of thiocarbonyl (C=S) groups is 1. The van der Waals surface area contributed by atoms with Crippen molar-refractivity contribution < 1.29 is 24.5 Å². The van der Waals surface area contributed by atoms with E-state index in [0.29, 0.717) is 26.2 Å². The summed E-state index contributed by atoms with van der Waals surface area (Å²) in [5, 5.41) is 18.6. The summed E-state index contributed by atoms with van der Waals surface area (Å²) >= 11 is 6.46. The molecule has 2 aromatic carbocycles. The van der Waals surface area contributed by atoms with Gasteiger partial charge in [0.15, 0.2) is 10.4 Å². The summed E-state index contributed by atoms with van der Waals surface area (Å²) in [5.74, 6) is -0.918. The monoisotopic (exact) mass is 401 g/mol. The second-order valence-corrected chi connectivity index (χ2v) is 7.38. The van der Waals surface area contributed by atoms with Gasteiger partial charge in [-0.2, -0.15) is 0 Å². The van der Waals surface area contributed by atoms with Crippen molar-refractivity contribution in [3.63, 3.8) is 0 Å². The number of hydrogen-bond acceptors (Lipinski definition) is 6. The number of carboxylic acid groups (broad SMARTS) is 1. The topological polar surface area (TPSA) is 87.1 Å². The standard InChI is InChI=1S/C19H15NO5S2/c1-11(18(23)24)25-15-7-2-4-12(8-15)9-16-17(22)20(19(26)27-16)13-5-3-6-14(21)10-13/h2-11,21H,1H3,(H,23,24)/b16-9+. The molecule has 3 rings (SSSR count). The van der Waals surface area contributed by atoms with Crippen LogP contribution < -0.4 is 9.64 Å². The Bertz CT molecular complexity index is 957. The Kier molecular flexibility index (Phi) is 5.48. The van der Waals surface area contributed by atoms with Crippen molar-refractivity contribution in [1.29, 1.82) is 0 Å². The highest BCUT2D eigenvalue weighted by Gasteiger charge is 2.33. The summed E-state index contributed by atoms with van der Waals surface area (Å²) in [5.41, 5.74) is 1.18. The van der Waals surface area contributed by atoms with E-state index in [1.807, 2.05) is 0 Å². The fraction of sp³-hybridized carbons (Fsp3) is 0.105. The normalized spacial score (nSPS) is 16.6. The van der Waals surface area contributed by atoms with Crippen LogP contribution in [0.15, 0.2) is 53.4 Å². The molecule has 6 nitrogen and oxygen atoms in total. The number of carbonyl (C=O) groups is 2. The van der Waals surface area contributed by atoms with Crippen molar-refractivity contribution in [3.05, 3.63) is 59.0 Å². The molecule has 2 N–H and O–H groups in total. The summed E-state index contributed by atoms with van der Waals surface area (Å²) in [6.07, 6.45) is 0.685. The van der Waals surface area contributed by atoms with E-state index >= 15 is 0 Å². The molecular formula is C19H15NO5S2. The number of rotatable bonds is 5. The molecule has 2 aromatic rings. The van der Waals surface area contributed by atoms with Crippen LogP contribution in [0.5, 0.6) is 11.5 Å². The van der Waals surface area contributed by atoms with Crippen LogP contribution in [0.4, 0.5) is 5.69 Å². The number of hydrogen-bond donors (Lipinski definition) is 2. The molecule has 0 aliphatic carbocycles. The minimum atomic E-state index is -1.06. The molecule has 1 fully saturated rings. The molecule has 1 saturated heterocycles. The Morgan fingerprint density at radius 2 is 2.00 bits per heavy atom. The molecule has 1 unspecified atom stereocenters. The number of phenols is 1. The lowest BCUT2D eigenvalue weighted by Crippen LogP contribution is -2.27. The second-order valence-electron chi connectivity index (χ2n) is 5.71. The van der Waals surface area contributed by atoms with Crippen LogP contribution in [0.3, 0.4) is 0 Å². The van der Waals surface area contributed by atoms with Gasteiger partial charge in [-0.3, -0.25) is 9.69 Å². The van der Waals surface area contributed by atoms with Gasteiger partial charge in [-0.1, -0.05) is 42.2 Å². The van der Waals surface area contributed by atoms with Gasteiger partial charge in [0.05, 0.1) is 10.6 Å². The molecule has 1 amide bonds. The first-order valence-corrected chi connectivity index (χ1v) is 9.14. The molecule has 0 radical (unpaired) electrons. The van der Waals surface area contributed by atoms with E-state index < -0.39 is 12.1 Å². The van der Waals surface area contributed by atoms with E-state index in [-0.39, 0.29) is 11.7 Å². The Balaban J connectivity index is 1.85. The van der Waals surface area contributed by atoms with Crippen LogP contribution in [0, 0.1) is 0 Å². The number of carbonyl (C=O) groups excluding carboxylic acids is 1. The fourth-order valence-electron chi connectivity index (χ4n) is 2.41. The molecule has 1 heterocycles. The lowest BCUT2D eigenvalue weighted by atomic mass is 10.2. The van der Waals surface area contributed by atoms with Crippen LogP contribution in [-0.2, 0) is 9.59 Å². The molecule has 27 heavy (non-hydrogen) atoms. The zero-order valence-electron chi connectivity index (χ0n) is 14.2. The zero-order valence-corrected chi connectivity index (χ0v) is 15.8. The number of benzene rings is 2. The Morgan fingerprint density at radius 3 is 2.70 bits per heavy atom. The third-order valence-corrected chi connectivity index (χ3v) is 5.00. The van der Waals surface area contributed by atoms with Gasteiger partial charge in [0.1, 0.15) is 11.5 Å². The van der Waals surface area contributed by atoms with Gasteiger partial charge < -0.3 is 14.9 Å². The van der Waals surface area contributed by atoms with Crippen LogP contribution in [0.1, 0.15) is 12.5 Å². The van der Waals surface area contributed by atoms with Crippen LogP contribution in [0.25, 0.3) is 6.08 Å². The van der Waals surface area contributed by atoms with Crippen LogP contribution >= 0.6 is 24.0 Å². The highest BCUT2D eigenvalue weighted by Crippen LogP contribution is 2.37. The largest absolute Gasteiger partial charge is 0.508 e. The SMILES string of the molecule is CC(Oc1cccc(/C=C2/SC(=S)N(c3cccc(O)c3)C2=O)c1)C(=O)O. The number of nitrogens with zero attached hydrogens (tertiary/aromatic N) is 1. The van der Waals surface area contributed by atoms with E-state index in [4.69, 9.17) is 22.1 Å². The number of aromatic hydroxyl groups is 1. The van der Waals surface area contributed by atoms with Gasteiger partial charge in [0, 0.05) is 6.07 Å². The first kappa shape index (κ1) is 18.9. The van der Waals surface area contributed by atoms with E-state index in [1.165, 1.54) is 24.0 Å². The predicted octanol–water partition coefficient (Wildman–Crippen LogP) is 3.65. The zero-order chi connectivity index (χ0) is 19.6. The number of amides is 1. The van der Waals surface area contributed by atoms with Gasteiger partial charge in [-0.05, 0) is 42.8 Å². The Labute approximate surface area is 165 Å². The number of thioether (sulfide) groups is 1. The highest BCUT2D eigenvalue weighted by atomic mass is 32.2. The third kappa shape index (κ3) is 4.29. The molecule has 1 aliphatic rings. The van der Waals surface area contributed by atoms with E-state index in [0.717, 1.165) is 11.8 Å². The van der Waals surface area contributed by atoms with E-state index in [1.54, 1.807) is 42.5 Å². The highest BCUT2D eigenvalue weighted by molar-refractivity contribution is 8.27. The minimum Gasteiger partial charge on any atom is -0.508 e. The van der Waals surface area contributed by atoms with Gasteiger partial charge in [0.25, 0.3) is 5.91 Å². The molecule has 0 spiro atoms. The lowest BCUT2D eigenvalue weighted by molar-refractivity contribution is -0.144. The molecular weight excluding hydrogens is 386 g/mol. The number of aliphatic carboxylic acids is 1. The maximum Gasteiger partial charge on any atom is 0.344 e. The number of carboxylic acids is 1. The summed E-state index contributed by atoms with van der Waals surface area (Å²) in [7, 11) is 0. The average Bonchev–Trinajstić information content (AvgIpc) is 2.88. The van der Waals surface area contributed by atoms with Crippen LogP contribution in [0.2, 0.25) is 0 Å². The average molecular weight is 401 g/mol. The smallest absolute Gasteiger partial charge is 0.344 e. The maximum atomic E-state index is 12.7. The first-order valence-electron chi connectivity index (χ1n) is 7.91. The predicted molar refractivity (Wildman–Crippen MR) is 108 cm³/mol. The van der Waals surface area contributed by atoms with Crippen molar-refractivity contribution in [1.82, 2.24) is 0 Å². The summed E-state index contributed by atoms with van der Waals surface area (Å²) in [6, 6.07) is 13.1. The minimum absolute atomic E-state index is 0.0444. The molecule has 0 saturated carbocycles. The Hall–Kier alpha value is -2.84. The third-order valence-electron chi connectivity index (χ3n) is 3.70. The number of ether oxygens (including phenoxy) is 1. The summed E-state index contributed by atoms with van der Waals surface area (Å²) in [4.78, 5) is 25.4. The molecule has 0 bridgehead atoms. The summed E-state index contributed by atoms with van der Waals surface area (Å²) < 4.78 is 5.71. The Morgan fingerprint density at radius 1 is 1.26 bits per heavy atom. The molecule has 138 valence electrons. The lowest BCUT2D eigenvalue weighted by Gasteiger charge is -2.14. The van der Waals surface area contributed by atoms with Crippen LogP contribution in [-0.4, -0.2) is 32.5 Å². The quantitative estimate of drug-likeness (QED) is 0.584. The van der Waals surface area contributed by atoms with Crippen molar-refractivity contribution in [2.75, 3.05) is 4.90 Å². The van der Waals surface area contributed by atoms with Gasteiger partial charge in [0.2, 0.25) is 0 Å².